The molecule has 0 fully saturated rings. The lowest BCUT2D eigenvalue weighted by molar-refractivity contribution is 0.243. The largest absolute Gasteiger partial charge is 0.504 e. The highest BCUT2D eigenvalue weighted by atomic mass is 16.5. The number of ether oxygens (including phenoxy) is 1. The molecule has 0 bridgehead atoms. The van der Waals surface area contributed by atoms with Crippen LogP contribution in [0.3, 0.4) is 0 Å². The van der Waals surface area contributed by atoms with Gasteiger partial charge in [-0.2, -0.15) is 0 Å². The average Bonchev–Trinajstić information content (AvgIpc) is 2.49. The Labute approximate surface area is 118 Å². The SMILES string of the molecule is COc1ccc(C(CO)NCc2ccccc2)cc1O. The highest BCUT2D eigenvalue weighted by Gasteiger charge is 2.12. The predicted molar refractivity (Wildman–Crippen MR) is 77.8 cm³/mol. The van der Waals surface area contributed by atoms with E-state index in [1.165, 1.54) is 7.11 Å². The summed E-state index contributed by atoms with van der Waals surface area (Å²) in [6.07, 6.45) is 0. The minimum atomic E-state index is -0.230. The number of hydrogen-bond donors (Lipinski definition) is 3. The molecule has 0 heterocycles. The zero-order valence-electron chi connectivity index (χ0n) is 11.4. The molecule has 3 N–H and O–H groups in total. The summed E-state index contributed by atoms with van der Waals surface area (Å²) in [6, 6.07) is 14.9. The topological polar surface area (TPSA) is 61.7 Å². The summed E-state index contributed by atoms with van der Waals surface area (Å²) >= 11 is 0. The predicted octanol–water partition coefficient (Wildman–Crippen LogP) is 2.22. The molecule has 0 spiro atoms. The van der Waals surface area contributed by atoms with Gasteiger partial charge >= 0.3 is 0 Å². The normalized spacial score (nSPS) is 12.1. The summed E-state index contributed by atoms with van der Waals surface area (Å²) in [7, 11) is 1.51. The number of aromatic hydroxyl groups is 1. The van der Waals surface area contributed by atoms with Gasteiger partial charge in [-0.05, 0) is 23.3 Å². The number of aliphatic hydroxyl groups excluding tert-OH is 1. The second kappa shape index (κ2) is 6.93. The molecule has 1 atom stereocenters. The van der Waals surface area contributed by atoms with Crippen molar-refractivity contribution in [2.75, 3.05) is 13.7 Å². The molecular formula is C16H19NO3. The molecule has 0 amide bonds. The zero-order chi connectivity index (χ0) is 14.4. The van der Waals surface area contributed by atoms with Crippen molar-refractivity contribution in [1.82, 2.24) is 5.32 Å². The van der Waals surface area contributed by atoms with Crippen molar-refractivity contribution in [1.29, 1.82) is 0 Å². The number of hydrogen-bond acceptors (Lipinski definition) is 4. The van der Waals surface area contributed by atoms with E-state index < -0.39 is 0 Å². The first kappa shape index (κ1) is 14.4. The summed E-state index contributed by atoms with van der Waals surface area (Å²) in [5.74, 6) is 0.499. The van der Waals surface area contributed by atoms with Crippen molar-refractivity contribution in [3.8, 4) is 11.5 Å². The van der Waals surface area contributed by atoms with Crippen LogP contribution in [0.2, 0.25) is 0 Å². The fourth-order valence-electron chi connectivity index (χ4n) is 2.05. The van der Waals surface area contributed by atoms with Crippen LogP contribution in [0.4, 0.5) is 0 Å². The Morgan fingerprint density at radius 1 is 1.15 bits per heavy atom. The van der Waals surface area contributed by atoms with Gasteiger partial charge in [0.05, 0.1) is 19.8 Å². The van der Waals surface area contributed by atoms with Crippen LogP contribution < -0.4 is 10.1 Å². The van der Waals surface area contributed by atoms with Crippen molar-refractivity contribution in [3.63, 3.8) is 0 Å². The van der Waals surface area contributed by atoms with Gasteiger partial charge in [0.2, 0.25) is 0 Å². The van der Waals surface area contributed by atoms with Crippen molar-refractivity contribution in [2.24, 2.45) is 0 Å². The van der Waals surface area contributed by atoms with Crippen LogP contribution in [0.5, 0.6) is 11.5 Å². The fraction of sp³-hybridized carbons (Fsp3) is 0.250. The highest BCUT2D eigenvalue weighted by Crippen LogP contribution is 2.28. The number of methoxy groups -OCH3 is 1. The number of rotatable bonds is 6. The Hall–Kier alpha value is -2.04. The van der Waals surface area contributed by atoms with Crippen LogP contribution in [0.15, 0.2) is 48.5 Å². The third-order valence-corrected chi connectivity index (χ3v) is 3.18. The Bertz CT molecular complexity index is 543. The summed E-state index contributed by atoms with van der Waals surface area (Å²) in [5.41, 5.74) is 1.96. The van der Waals surface area contributed by atoms with Gasteiger partial charge in [0.15, 0.2) is 11.5 Å². The molecule has 0 aliphatic carbocycles. The summed E-state index contributed by atoms with van der Waals surface area (Å²) in [5, 5.41) is 22.6. The number of phenolic OH excluding ortho intramolecular Hbond substituents is 1. The lowest BCUT2D eigenvalue weighted by Crippen LogP contribution is -2.23. The van der Waals surface area contributed by atoms with E-state index in [0.717, 1.165) is 11.1 Å². The maximum absolute atomic E-state index is 9.79. The van der Waals surface area contributed by atoms with E-state index >= 15 is 0 Å². The van der Waals surface area contributed by atoms with E-state index in [1.807, 2.05) is 36.4 Å². The molecule has 4 nitrogen and oxygen atoms in total. The smallest absolute Gasteiger partial charge is 0.160 e. The highest BCUT2D eigenvalue weighted by molar-refractivity contribution is 5.42. The van der Waals surface area contributed by atoms with Gasteiger partial charge in [0.1, 0.15) is 0 Å². The van der Waals surface area contributed by atoms with E-state index in [2.05, 4.69) is 5.32 Å². The Balaban J connectivity index is 2.06. The number of nitrogens with one attached hydrogen (secondary N) is 1. The lowest BCUT2D eigenvalue weighted by Gasteiger charge is -2.17. The molecule has 0 saturated carbocycles. The van der Waals surface area contributed by atoms with Crippen LogP contribution in [0, 0.1) is 0 Å². The second-order valence-electron chi connectivity index (χ2n) is 4.53. The minimum absolute atomic E-state index is 0.0431. The zero-order valence-corrected chi connectivity index (χ0v) is 11.4. The quantitative estimate of drug-likeness (QED) is 0.755. The van der Waals surface area contributed by atoms with Crippen molar-refractivity contribution < 1.29 is 14.9 Å². The molecule has 2 aromatic carbocycles. The summed E-state index contributed by atoms with van der Waals surface area (Å²) < 4.78 is 5.01. The van der Waals surface area contributed by atoms with Crippen molar-refractivity contribution in [2.45, 2.75) is 12.6 Å². The molecule has 1 unspecified atom stereocenters. The van der Waals surface area contributed by atoms with E-state index in [1.54, 1.807) is 12.1 Å². The van der Waals surface area contributed by atoms with Crippen LogP contribution in [-0.4, -0.2) is 23.9 Å². The number of aliphatic hydroxyl groups is 1. The molecule has 2 aromatic rings. The Morgan fingerprint density at radius 2 is 1.90 bits per heavy atom. The van der Waals surface area contributed by atoms with Gasteiger partial charge < -0.3 is 20.3 Å². The minimum Gasteiger partial charge on any atom is -0.504 e. The third kappa shape index (κ3) is 3.50. The first-order chi connectivity index (χ1) is 9.74. The number of benzene rings is 2. The Morgan fingerprint density at radius 3 is 2.50 bits per heavy atom. The second-order valence-corrected chi connectivity index (χ2v) is 4.53. The third-order valence-electron chi connectivity index (χ3n) is 3.18. The molecule has 0 saturated heterocycles. The molecule has 0 aliphatic rings. The molecule has 0 radical (unpaired) electrons. The van der Waals surface area contributed by atoms with E-state index in [0.29, 0.717) is 12.3 Å². The fourth-order valence-corrected chi connectivity index (χ4v) is 2.05. The maximum atomic E-state index is 9.79. The molecule has 106 valence electrons. The Kier molecular flexibility index (Phi) is 4.98. The van der Waals surface area contributed by atoms with Crippen molar-refractivity contribution in [3.05, 3.63) is 59.7 Å². The monoisotopic (exact) mass is 273 g/mol. The van der Waals surface area contributed by atoms with Gasteiger partial charge in [-0.15, -0.1) is 0 Å². The number of phenols is 1. The van der Waals surface area contributed by atoms with Crippen LogP contribution >= 0.6 is 0 Å². The standard InChI is InChI=1S/C16H19NO3/c1-20-16-8-7-13(9-15(16)19)14(11-18)17-10-12-5-3-2-4-6-12/h2-9,14,17-19H,10-11H2,1H3. The average molecular weight is 273 g/mol. The van der Waals surface area contributed by atoms with Crippen molar-refractivity contribution >= 4 is 0 Å². The van der Waals surface area contributed by atoms with Crippen LogP contribution in [0.1, 0.15) is 17.2 Å². The van der Waals surface area contributed by atoms with Crippen LogP contribution in [0.25, 0.3) is 0 Å². The molecule has 0 aliphatic heterocycles. The van der Waals surface area contributed by atoms with Gasteiger partial charge in [0, 0.05) is 6.54 Å². The summed E-state index contributed by atoms with van der Waals surface area (Å²) in [4.78, 5) is 0. The first-order valence-electron chi connectivity index (χ1n) is 6.49. The molecule has 4 heteroatoms. The van der Waals surface area contributed by atoms with Gasteiger partial charge in [-0.3, -0.25) is 0 Å². The maximum Gasteiger partial charge on any atom is 0.160 e. The molecule has 2 rings (SSSR count). The van der Waals surface area contributed by atoms with Gasteiger partial charge in [-0.1, -0.05) is 36.4 Å². The van der Waals surface area contributed by atoms with E-state index in [-0.39, 0.29) is 18.4 Å². The van der Waals surface area contributed by atoms with Crippen LogP contribution in [-0.2, 0) is 6.54 Å². The molecule has 20 heavy (non-hydrogen) atoms. The van der Waals surface area contributed by atoms with Gasteiger partial charge in [0.25, 0.3) is 0 Å². The van der Waals surface area contributed by atoms with E-state index in [9.17, 15) is 10.2 Å². The molecular weight excluding hydrogens is 254 g/mol. The van der Waals surface area contributed by atoms with E-state index in [4.69, 9.17) is 4.74 Å². The summed E-state index contributed by atoms with van der Waals surface area (Å²) in [6.45, 7) is 0.609. The molecule has 0 aromatic heterocycles. The lowest BCUT2D eigenvalue weighted by atomic mass is 10.1. The first-order valence-corrected chi connectivity index (χ1v) is 6.49. The van der Waals surface area contributed by atoms with Gasteiger partial charge in [-0.25, -0.2) is 0 Å².